The van der Waals surface area contributed by atoms with E-state index in [4.69, 9.17) is 12.2 Å². The van der Waals surface area contributed by atoms with Crippen LogP contribution >= 0.6 is 12.2 Å². The molecule has 21 heavy (non-hydrogen) atoms. The van der Waals surface area contributed by atoms with Crippen molar-refractivity contribution in [3.05, 3.63) is 28.5 Å². The molecular formula is C13H15F3N4S. The van der Waals surface area contributed by atoms with E-state index in [1.54, 1.807) is 4.68 Å². The fraction of sp³-hybridized carbons (Fsp3) is 0.462. The largest absolute Gasteiger partial charge is 0.416 e. The molecule has 0 unspecified atom stereocenters. The number of H-pyrrole nitrogens is 1. The van der Waals surface area contributed by atoms with Crippen LogP contribution in [0.1, 0.15) is 5.56 Å². The molecule has 0 aliphatic carbocycles. The molecule has 114 valence electrons. The first-order valence-electron chi connectivity index (χ1n) is 6.62. The molecule has 4 nitrogen and oxygen atoms in total. The first-order chi connectivity index (χ1) is 9.86. The van der Waals surface area contributed by atoms with Crippen LogP contribution in [0, 0.1) is 4.77 Å². The summed E-state index contributed by atoms with van der Waals surface area (Å²) in [4.78, 5) is 5.08. The number of aromatic amines is 1. The van der Waals surface area contributed by atoms with Crippen molar-refractivity contribution in [2.24, 2.45) is 0 Å². The van der Waals surface area contributed by atoms with E-state index in [1.807, 2.05) is 7.05 Å². The standard InChI is InChI=1S/C13H15F3N4S/c1-18-4-6-19(7-5-18)20-11-3-2-9(13(14,15)16)8-10(11)17-12(20)21/h2-3,8H,4-7H2,1H3,(H,17,21). The van der Waals surface area contributed by atoms with Gasteiger partial charge in [-0.1, -0.05) is 0 Å². The summed E-state index contributed by atoms with van der Waals surface area (Å²) in [5, 5.41) is 2.06. The quantitative estimate of drug-likeness (QED) is 0.820. The first-order valence-corrected chi connectivity index (χ1v) is 7.03. The second kappa shape index (κ2) is 5.03. The minimum Gasteiger partial charge on any atom is -0.329 e. The van der Waals surface area contributed by atoms with Crippen LogP contribution in [0.3, 0.4) is 0 Å². The number of aromatic nitrogens is 2. The van der Waals surface area contributed by atoms with E-state index in [0.29, 0.717) is 15.8 Å². The zero-order valence-electron chi connectivity index (χ0n) is 11.4. The van der Waals surface area contributed by atoms with Crippen molar-refractivity contribution < 1.29 is 13.2 Å². The highest BCUT2D eigenvalue weighted by atomic mass is 32.1. The number of piperazine rings is 1. The van der Waals surface area contributed by atoms with Crippen molar-refractivity contribution in [2.45, 2.75) is 6.18 Å². The van der Waals surface area contributed by atoms with Gasteiger partial charge in [0, 0.05) is 26.2 Å². The molecule has 1 aliphatic heterocycles. The maximum atomic E-state index is 12.8. The number of imidazole rings is 1. The van der Waals surface area contributed by atoms with E-state index in [0.717, 1.165) is 38.3 Å². The van der Waals surface area contributed by atoms with Gasteiger partial charge in [0.25, 0.3) is 0 Å². The van der Waals surface area contributed by atoms with Gasteiger partial charge in [0.15, 0.2) is 4.77 Å². The third-order valence-electron chi connectivity index (χ3n) is 3.75. The molecule has 8 heteroatoms. The second-order valence-corrected chi connectivity index (χ2v) is 5.62. The highest BCUT2D eigenvalue weighted by Crippen LogP contribution is 2.31. The summed E-state index contributed by atoms with van der Waals surface area (Å²) in [6.45, 7) is 3.38. The van der Waals surface area contributed by atoms with E-state index in [1.165, 1.54) is 6.07 Å². The number of hydrogen-bond acceptors (Lipinski definition) is 3. The number of halogens is 3. The molecule has 1 aromatic heterocycles. The molecule has 1 aliphatic rings. The van der Waals surface area contributed by atoms with Gasteiger partial charge >= 0.3 is 6.18 Å². The Hall–Kier alpha value is -1.54. The topological polar surface area (TPSA) is 27.2 Å². The van der Waals surface area contributed by atoms with Gasteiger partial charge < -0.3 is 14.9 Å². The van der Waals surface area contributed by atoms with Crippen LogP contribution in [-0.4, -0.2) is 47.8 Å². The highest BCUT2D eigenvalue weighted by Gasteiger charge is 2.31. The number of rotatable bonds is 1. The molecular weight excluding hydrogens is 301 g/mol. The maximum Gasteiger partial charge on any atom is 0.416 e. The minimum atomic E-state index is -4.35. The Morgan fingerprint density at radius 3 is 2.43 bits per heavy atom. The maximum absolute atomic E-state index is 12.8. The van der Waals surface area contributed by atoms with Crippen LogP contribution in [0.4, 0.5) is 13.2 Å². The lowest BCUT2D eigenvalue weighted by Gasteiger charge is -2.34. The van der Waals surface area contributed by atoms with Crippen molar-refractivity contribution in [3.8, 4) is 0 Å². The van der Waals surface area contributed by atoms with Crippen molar-refractivity contribution in [2.75, 3.05) is 38.2 Å². The van der Waals surface area contributed by atoms with Crippen LogP contribution in [0.2, 0.25) is 0 Å². The van der Waals surface area contributed by atoms with Crippen molar-refractivity contribution in [1.82, 2.24) is 14.6 Å². The van der Waals surface area contributed by atoms with Gasteiger partial charge in [-0.05, 0) is 37.5 Å². The summed E-state index contributed by atoms with van der Waals surface area (Å²) in [7, 11) is 2.04. The van der Waals surface area contributed by atoms with E-state index < -0.39 is 11.7 Å². The SMILES string of the molecule is CN1CCN(n2c(=S)[nH]c3cc(C(F)(F)F)ccc32)CC1. The van der Waals surface area contributed by atoms with E-state index in [2.05, 4.69) is 14.9 Å². The summed E-state index contributed by atoms with van der Waals surface area (Å²) >= 11 is 5.27. The molecule has 0 bridgehead atoms. The number of alkyl halides is 3. The number of nitrogens with zero attached hydrogens (tertiary/aromatic N) is 3. The molecule has 3 rings (SSSR count). The predicted octanol–water partition coefficient (Wildman–Crippen LogP) is 2.60. The van der Waals surface area contributed by atoms with Crippen LogP contribution in [0.25, 0.3) is 11.0 Å². The summed E-state index contributed by atoms with van der Waals surface area (Å²) in [6, 6.07) is 3.68. The van der Waals surface area contributed by atoms with Crippen LogP contribution < -0.4 is 5.01 Å². The zero-order chi connectivity index (χ0) is 15.2. The van der Waals surface area contributed by atoms with Gasteiger partial charge in [0.1, 0.15) is 0 Å². The Balaban J connectivity index is 2.04. The Morgan fingerprint density at radius 2 is 1.81 bits per heavy atom. The number of nitrogens with one attached hydrogen (secondary N) is 1. The Morgan fingerprint density at radius 1 is 1.14 bits per heavy atom. The summed E-state index contributed by atoms with van der Waals surface area (Å²) in [5.74, 6) is 0. The number of likely N-dealkylation sites (N-methyl/N-ethyl adjacent to an activating group) is 1. The average Bonchev–Trinajstić information content (AvgIpc) is 2.74. The molecule has 0 spiro atoms. The van der Waals surface area contributed by atoms with Gasteiger partial charge in [-0.3, -0.25) is 0 Å². The monoisotopic (exact) mass is 316 g/mol. The fourth-order valence-corrected chi connectivity index (χ4v) is 2.88. The smallest absolute Gasteiger partial charge is 0.329 e. The van der Waals surface area contributed by atoms with Crippen molar-refractivity contribution in [1.29, 1.82) is 0 Å². The van der Waals surface area contributed by atoms with Gasteiger partial charge in [-0.25, -0.2) is 4.68 Å². The van der Waals surface area contributed by atoms with Crippen LogP contribution in [0.15, 0.2) is 18.2 Å². The molecule has 2 heterocycles. The molecule has 1 N–H and O–H groups in total. The lowest BCUT2D eigenvalue weighted by atomic mass is 10.2. The molecule has 1 aromatic carbocycles. The van der Waals surface area contributed by atoms with Crippen LogP contribution in [-0.2, 0) is 6.18 Å². The van der Waals surface area contributed by atoms with E-state index in [9.17, 15) is 13.2 Å². The zero-order valence-corrected chi connectivity index (χ0v) is 12.3. The normalized spacial score (nSPS) is 17.6. The van der Waals surface area contributed by atoms with Crippen molar-refractivity contribution >= 4 is 23.3 Å². The van der Waals surface area contributed by atoms with Gasteiger partial charge in [-0.15, -0.1) is 0 Å². The Bertz CT molecular complexity index is 710. The van der Waals surface area contributed by atoms with Crippen molar-refractivity contribution in [3.63, 3.8) is 0 Å². The highest BCUT2D eigenvalue weighted by molar-refractivity contribution is 7.71. The molecule has 0 atom stereocenters. The number of benzene rings is 1. The minimum absolute atomic E-state index is 0.411. The van der Waals surface area contributed by atoms with Gasteiger partial charge in [0.2, 0.25) is 0 Å². The third-order valence-corrected chi connectivity index (χ3v) is 4.02. The Kier molecular flexibility index (Phi) is 3.45. The fourth-order valence-electron chi connectivity index (χ4n) is 2.55. The first kappa shape index (κ1) is 14.4. The van der Waals surface area contributed by atoms with Crippen LogP contribution in [0.5, 0.6) is 0 Å². The van der Waals surface area contributed by atoms with E-state index in [-0.39, 0.29) is 0 Å². The van der Waals surface area contributed by atoms with Gasteiger partial charge in [-0.2, -0.15) is 13.2 Å². The average molecular weight is 316 g/mol. The third kappa shape index (κ3) is 2.65. The number of hydrogen-bond donors (Lipinski definition) is 1. The number of fused-ring (bicyclic) bond motifs is 1. The molecule has 1 fully saturated rings. The summed E-state index contributed by atoms with van der Waals surface area (Å²) in [6.07, 6.45) is -4.35. The molecule has 0 amide bonds. The lowest BCUT2D eigenvalue weighted by Crippen LogP contribution is -2.49. The summed E-state index contributed by atoms with van der Waals surface area (Å²) in [5.41, 5.74) is 0.420. The second-order valence-electron chi connectivity index (χ2n) is 5.23. The summed E-state index contributed by atoms with van der Waals surface area (Å²) < 4.78 is 40.5. The predicted molar refractivity (Wildman–Crippen MR) is 77.6 cm³/mol. The van der Waals surface area contributed by atoms with E-state index >= 15 is 0 Å². The lowest BCUT2D eigenvalue weighted by molar-refractivity contribution is -0.137. The molecule has 0 radical (unpaired) electrons. The van der Waals surface area contributed by atoms with Gasteiger partial charge in [0.05, 0.1) is 16.6 Å². The molecule has 0 saturated carbocycles. The molecule has 1 saturated heterocycles. The molecule has 2 aromatic rings. The Labute approximate surface area is 124 Å².